The Morgan fingerprint density at radius 1 is 1.22 bits per heavy atom. The first kappa shape index (κ1) is 13.6. The molecule has 0 aliphatic heterocycles. The number of aryl methyl sites for hydroxylation is 2. The van der Waals surface area contributed by atoms with Gasteiger partial charge < -0.3 is 4.42 Å². The molecule has 1 saturated carbocycles. The van der Waals surface area contributed by atoms with E-state index in [1.165, 1.54) is 24.8 Å². The number of hydrazine groups is 1. The topological polar surface area (TPSA) is 51.2 Å². The van der Waals surface area contributed by atoms with Gasteiger partial charge in [0.25, 0.3) is 0 Å². The van der Waals surface area contributed by atoms with E-state index in [2.05, 4.69) is 25.3 Å². The van der Waals surface area contributed by atoms with E-state index >= 15 is 0 Å². The molecule has 1 aromatic rings. The summed E-state index contributed by atoms with van der Waals surface area (Å²) in [4.78, 5) is 0. The quantitative estimate of drug-likeness (QED) is 0.638. The molecule has 0 saturated heterocycles. The third kappa shape index (κ3) is 2.78. The highest BCUT2D eigenvalue weighted by Gasteiger charge is 2.31. The second-order valence-electron chi connectivity index (χ2n) is 6.19. The van der Waals surface area contributed by atoms with Crippen molar-refractivity contribution < 1.29 is 4.42 Å². The van der Waals surface area contributed by atoms with Gasteiger partial charge in [0.05, 0.1) is 6.04 Å². The maximum atomic E-state index is 5.81. The van der Waals surface area contributed by atoms with Gasteiger partial charge in [-0.25, -0.2) is 0 Å². The molecule has 3 N–H and O–H groups in total. The standard InChI is InChI=1S/C15H26N2O/c1-9-5-10(2)7-13(6-9)15(17-16)14-8-11(3)18-12(14)4/h8-10,13,15,17H,5-7,16H2,1-4H3. The predicted octanol–water partition coefficient (Wildman–Crippen LogP) is 3.47. The molecule has 1 aliphatic carbocycles. The zero-order valence-corrected chi connectivity index (χ0v) is 12.0. The summed E-state index contributed by atoms with van der Waals surface area (Å²) in [5.41, 5.74) is 4.26. The Kier molecular flexibility index (Phi) is 4.13. The molecule has 3 heteroatoms. The first-order valence-electron chi connectivity index (χ1n) is 7.04. The van der Waals surface area contributed by atoms with Crippen LogP contribution in [0.2, 0.25) is 0 Å². The molecular weight excluding hydrogens is 224 g/mol. The zero-order valence-electron chi connectivity index (χ0n) is 12.0. The number of hydrogen-bond donors (Lipinski definition) is 2. The second kappa shape index (κ2) is 5.45. The fourth-order valence-corrected chi connectivity index (χ4v) is 3.72. The first-order chi connectivity index (χ1) is 8.51. The van der Waals surface area contributed by atoms with Crippen molar-refractivity contribution in [2.45, 2.75) is 53.0 Å². The molecule has 3 nitrogen and oxygen atoms in total. The maximum absolute atomic E-state index is 5.81. The van der Waals surface area contributed by atoms with E-state index in [1.54, 1.807) is 0 Å². The molecule has 1 aliphatic rings. The van der Waals surface area contributed by atoms with Crippen LogP contribution in [-0.4, -0.2) is 0 Å². The van der Waals surface area contributed by atoms with Crippen LogP contribution in [0.5, 0.6) is 0 Å². The van der Waals surface area contributed by atoms with E-state index in [0.717, 1.165) is 23.4 Å². The summed E-state index contributed by atoms with van der Waals surface area (Å²) in [5.74, 6) is 9.99. The van der Waals surface area contributed by atoms with Gasteiger partial charge in [-0.2, -0.15) is 0 Å². The van der Waals surface area contributed by atoms with Crippen LogP contribution in [0.3, 0.4) is 0 Å². The third-order valence-corrected chi connectivity index (χ3v) is 4.28. The molecule has 1 aromatic heterocycles. The molecule has 18 heavy (non-hydrogen) atoms. The minimum atomic E-state index is 0.229. The minimum Gasteiger partial charge on any atom is -0.466 e. The highest BCUT2D eigenvalue weighted by Crippen LogP contribution is 2.40. The number of rotatable bonds is 3. The number of furan rings is 1. The van der Waals surface area contributed by atoms with Crippen molar-refractivity contribution in [2.75, 3.05) is 0 Å². The van der Waals surface area contributed by atoms with Crippen LogP contribution >= 0.6 is 0 Å². The summed E-state index contributed by atoms with van der Waals surface area (Å²) in [5, 5.41) is 0. The van der Waals surface area contributed by atoms with Crippen molar-refractivity contribution in [2.24, 2.45) is 23.6 Å². The molecule has 2 rings (SSSR count). The molecular formula is C15H26N2O. The van der Waals surface area contributed by atoms with Crippen LogP contribution in [0.1, 0.15) is 56.2 Å². The molecule has 0 bridgehead atoms. The van der Waals surface area contributed by atoms with Crippen molar-refractivity contribution >= 4 is 0 Å². The van der Waals surface area contributed by atoms with E-state index in [1.807, 2.05) is 13.8 Å². The van der Waals surface area contributed by atoms with Gasteiger partial charge in [-0.1, -0.05) is 13.8 Å². The van der Waals surface area contributed by atoms with Gasteiger partial charge >= 0.3 is 0 Å². The van der Waals surface area contributed by atoms with E-state index < -0.39 is 0 Å². The molecule has 3 unspecified atom stereocenters. The SMILES string of the molecule is Cc1cc(C(NN)C2CC(C)CC(C)C2)c(C)o1. The van der Waals surface area contributed by atoms with Crippen LogP contribution in [-0.2, 0) is 0 Å². The lowest BCUT2D eigenvalue weighted by atomic mass is 9.72. The van der Waals surface area contributed by atoms with E-state index in [0.29, 0.717) is 5.92 Å². The van der Waals surface area contributed by atoms with Crippen LogP contribution in [0.15, 0.2) is 10.5 Å². The normalized spacial score (nSPS) is 30.4. The zero-order chi connectivity index (χ0) is 13.3. The fourth-order valence-electron chi connectivity index (χ4n) is 3.72. The van der Waals surface area contributed by atoms with Gasteiger partial charge in [-0.15, -0.1) is 0 Å². The number of hydrogen-bond acceptors (Lipinski definition) is 3. The van der Waals surface area contributed by atoms with Crippen LogP contribution in [0.4, 0.5) is 0 Å². The second-order valence-corrected chi connectivity index (χ2v) is 6.19. The monoisotopic (exact) mass is 250 g/mol. The Balaban J connectivity index is 2.20. The first-order valence-corrected chi connectivity index (χ1v) is 7.04. The van der Waals surface area contributed by atoms with Crippen molar-refractivity contribution in [3.8, 4) is 0 Å². The largest absolute Gasteiger partial charge is 0.466 e. The van der Waals surface area contributed by atoms with Crippen molar-refractivity contribution in [1.82, 2.24) is 5.43 Å². The fraction of sp³-hybridized carbons (Fsp3) is 0.733. The van der Waals surface area contributed by atoms with Gasteiger partial charge in [0.15, 0.2) is 0 Å². The van der Waals surface area contributed by atoms with Crippen molar-refractivity contribution in [3.63, 3.8) is 0 Å². The summed E-state index contributed by atoms with van der Waals surface area (Å²) in [7, 11) is 0. The average Bonchev–Trinajstić information content (AvgIpc) is 2.58. The third-order valence-electron chi connectivity index (χ3n) is 4.28. The lowest BCUT2D eigenvalue weighted by Gasteiger charge is -2.36. The summed E-state index contributed by atoms with van der Waals surface area (Å²) in [6.07, 6.45) is 3.85. The summed E-state index contributed by atoms with van der Waals surface area (Å²) in [6, 6.07) is 2.36. The Morgan fingerprint density at radius 3 is 2.28 bits per heavy atom. The highest BCUT2D eigenvalue weighted by molar-refractivity contribution is 5.24. The molecule has 0 radical (unpaired) electrons. The van der Waals surface area contributed by atoms with Gasteiger partial charge in [-0.3, -0.25) is 11.3 Å². The van der Waals surface area contributed by atoms with Gasteiger partial charge in [0.2, 0.25) is 0 Å². The Morgan fingerprint density at radius 2 is 1.83 bits per heavy atom. The lowest BCUT2D eigenvalue weighted by molar-refractivity contribution is 0.176. The van der Waals surface area contributed by atoms with Crippen LogP contribution in [0, 0.1) is 31.6 Å². The molecule has 0 amide bonds. The van der Waals surface area contributed by atoms with Crippen LogP contribution < -0.4 is 11.3 Å². The highest BCUT2D eigenvalue weighted by atomic mass is 16.3. The number of nitrogens with one attached hydrogen (secondary N) is 1. The van der Waals surface area contributed by atoms with E-state index in [4.69, 9.17) is 10.3 Å². The van der Waals surface area contributed by atoms with Gasteiger partial charge in [0.1, 0.15) is 11.5 Å². The summed E-state index contributed by atoms with van der Waals surface area (Å²) < 4.78 is 5.65. The minimum absolute atomic E-state index is 0.229. The Hall–Kier alpha value is -0.800. The molecule has 102 valence electrons. The van der Waals surface area contributed by atoms with Crippen molar-refractivity contribution in [1.29, 1.82) is 0 Å². The Labute approximate surface area is 110 Å². The summed E-state index contributed by atoms with van der Waals surface area (Å²) in [6.45, 7) is 8.73. The van der Waals surface area contributed by atoms with Crippen molar-refractivity contribution in [3.05, 3.63) is 23.2 Å². The molecule has 3 atom stereocenters. The number of nitrogens with two attached hydrogens (primary N) is 1. The predicted molar refractivity (Wildman–Crippen MR) is 73.9 cm³/mol. The molecule has 1 heterocycles. The van der Waals surface area contributed by atoms with Crippen LogP contribution in [0.25, 0.3) is 0 Å². The maximum Gasteiger partial charge on any atom is 0.105 e. The molecule has 0 aromatic carbocycles. The molecule has 0 spiro atoms. The lowest BCUT2D eigenvalue weighted by Crippen LogP contribution is -2.37. The smallest absolute Gasteiger partial charge is 0.105 e. The van der Waals surface area contributed by atoms with Gasteiger partial charge in [-0.05, 0) is 56.9 Å². The van der Waals surface area contributed by atoms with E-state index in [-0.39, 0.29) is 6.04 Å². The molecule has 1 fully saturated rings. The average molecular weight is 250 g/mol. The summed E-state index contributed by atoms with van der Waals surface area (Å²) >= 11 is 0. The Bertz CT molecular complexity index is 389. The van der Waals surface area contributed by atoms with Gasteiger partial charge in [0, 0.05) is 5.56 Å². The van der Waals surface area contributed by atoms with E-state index in [9.17, 15) is 0 Å².